The van der Waals surface area contributed by atoms with E-state index in [2.05, 4.69) is 0 Å². The predicted octanol–water partition coefficient (Wildman–Crippen LogP) is 1.15. The van der Waals surface area contributed by atoms with E-state index in [0.29, 0.717) is 12.3 Å². The van der Waals surface area contributed by atoms with Crippen LogP contribution < -0.4 is 5.73 Å². The van der Waals surface area contributed by atoms with Crippen LogP contribution in [0.3, 0.4) is 0 Å². The lowest BCUT2D eigenvalue weighted by atomic mass is 10.1. The molecule has 0 aliphatic heterocycles. The first-order valence-electron chi connectivity index (χ1n) is 4.68. The standard InChI is InChI=1S/C10H16N2O2/c1-3-12(2)10(13)7-8(11)9-5-4-6-14-9/h4-6,8H,3,7,11H2,1-2H3. The molecule has 0 aliphatic carbocycles. The third-order valence-corrected chi connectivity index (χ3v) is 2.20. The number of carbonyl (C=O) groups excluding carboxylic acids is 1. The van der Waals surface area contributed by atoms with Crippen molar-refractivity contribution in [2.45, 2.75) is 19.4 Å². The number of furan rings is 1. The Morgan fingerprint density at radius 3 is 2.93 bits per heavy atom. The van der Waals surface area contributed by atoms with Gasteiger partial charge in [0.15, 0.2) is 0 Å². The predicted molar refractivity (Wildman–Crippen MR) is 53.6 cm³/mol. The van der Waals surface area contributed by atoms with Gasteiger partial charge in [0, 0.05) is 20.0 Å². The van der Waals surface area contributed by atoms with Gasteiger partial charge in [0.25, 0.3) is 0 Å². The maximum atomic E-state index is 11.5. The van der Waals surface area contributed by atoms with Crippen molar-refractivity contribution in [1.29, 1.82) is 0 Å². The molecule has 0 aromatic carbocycles. The van der Waals surface area contributed by atoms with Gasteiger partial charge < -0.3 is 15.1 Å². The molecule has 4 nitrogen and oxygen atoms in total. The van der Waals surface area contributed by atoms with E-state index in [1.807, 2.05) is 6.92 Å². The Morgan fingerprint density at radius 2 is 2.43 bits per heavy atom. The number of hydrogen-bond acceptors (Lipinski definition) is 3. The van der Waals surface area contributed by atoms with Crippen LogP contribution in [0.5, 0.6) is 0 Å². The summed E-state index contributed by atoms with van der Waals surface area (Å²) in [7, 11) is 1.76. The fraction of sp³-hybridized carbons (Fsp3) is 0.500. The Hall–Kier alpha value is -1.29. The van der Waals surface area contributed by atoms with Crippen LogP contribution in [0.15, 0.2) is 22.8 Å². The SMILES string of the molecule is CCN(C)C(=O)CC(N)c1ccco1. The molecule has 0 spiro atoms. The van der Waals surface area contributed by atoms with E-state index in [0.717, 1.165) is 0 Å². The van der Waals surface area contributed by atoms with Gasteiger partial charge >= 0.3 is 0 Å². The summed E-state index contributed by atoms with van der Waals surface area (Å²) >= 11 is 0. The maximum absolute atomic E-state index is 11.5. The topological polar surface area (TPSA) is 59.5 Å². The molecule has 78 valence electrons. The molecule has 1 unspecified atom stereocenters. The van der Waals surface area contributed by atoms with Gasteiger partial charge in [-0.2, -0.15) is 0 Å². The van der Waals surface area contributed by atoms with Gasteiger partial charge in [0.1, 0.15) is 5.76 Å². The quantitative estimate of drug-likeness (QED) is 0.785. The van der Waals surface area contributed by atoms with E-state index in [1.165, 1.54) is 0 Å². The monoisotopic (exact) mass is 196 g/mol. The molecule has 0 radical (unpaired) electrons. The van der Waals surface area contributed by atoms with Crippen molar-refractivity contribution in [3.05, 3.63) is 24.2 Å². The minimum Gasteiger partial charge on any atom is -0.468 e. The highest BCUT2D eigenvalue weighted by atomic mass is 16.3. The van der Waals surface area contributed by atoms with Crippen molar-refractivity contribution in [2.24, 2.45) is 5.73 Å². The largest absolute Gasteiger partial charge is 0.468 e. The van der Waals surface area contributed by atoms with Crippen molar-refractivity contribution < 1.29 is 9.21 Å². The number of nitrogens with zero attached hydrogens (tertiary/aromatic N) is 1. The summed E-state index contributed by atoms with van der Waals surface area (Å²) in [5.41, 5.74) is 5.79. The van der Waals surface area contributed by atoms with E-state index in [-0.39, 0.29) is 18.4 Å². The molecule has 0 fully saturated rings. The summed E-state index contributed by atoms with van der Waals surface area (Å²) in [6.45, 7) is 2.63. The Balaban J connectivity index is 2.49. The van der Waals surface area contributed by atoms with Crippen LogP contribution in [0.25, 0.3) is 0 Å². The lowest BCUT2D eigenvalue weighted by Gasteiger charge is -2.16. The molecule has 1 atom stereocenters. The van der Waals surface area contributed by atoms with Gasteiger partial charge in [-0.1, -0.05) is 0 Å². The van der Waals surface area contributed by atoms with Crippen molar-refractivity contribution >= 4 is 5.91 Å². The fourth-order valence-electron chi connectivity index (χ4n) is 1.12. The first-order chi connectivity index (χ1) is 6.65. The van der Waals surface area contributed by atoms with Crippen molar-refractivity contribution in [3.63, 3.8) is 0 Å². The third-order valence-electron chi connectivity index (χ3n) is 2.20. The van der Waals surface area contributed by atoms with E-state index in [1.54, 1.807) is 30.3 Å². The number of amides is 1. The molecule has 14 heavy (non-hydrogen) atoms. The lowest BCUT2D eigenvalue weighted by molar-refractivity contribution is -0.130. The molecular weight excluding hydrogens is 180 g/mol. The zero-order chi connectivity index (χ0) is 10.6. The van der Waals surface area contributed by atoms with Crippen LogP contribution in [0.4, 0.5) is 0 Å². The highest BCUT2D eigenvalue weighted by molar-refractivity contribution is 5.76. The molecule has 0 saturated heterocycles. The lowest BCUT2D eigenvalue weighted by Crippen LogP contribution is -2.29. The second kappa shape index (κ2) is 4.81. The maximum Gasteiger partial charge on any atom is 0.224 e. The molecule has 1 amide bonds. The summed E-state index contributed by atoms with van der Waals surface area (Å²) in [6.07, 6.45) is 1.85. The zero-order valence-corrected chi connectivity index (χ0v) is 8.56. The minimum absolute atomic E-state index is 0.0383. The number of nitrogens with two attached hydrogens (primary N) is 1. The molecule has 0 saturated carbocycles. The zero-order valence-electron chi connectivity index (χ0n) is 8.56. The van der Waals surface area contributed by atoms with Crippen LogP contribution in [-0.2, 0) is 4.79 Å². The number of rotatable bonds is 4. The molecule has 1 rings (SSSR count). The molecule has 4 heteroatoms. The molecular formula is C10H16N2O2. The average Bonchev–Trinajstić information content (AvgIpc) is 2.69. The third kappa shape index (κ3) is 2.60. The number of carbonyl (C=O) groups is 1. The van der Waals surface area contributed by atoms with Crippen LogP contribution in [0.2, 0.25) is 0 Å². The highest BCUT2D eigenvalue weighted by Crippen LogP contribution is 2.14. The van der Waals surface area contributed by atoms with Gasteiger partial charge in [-0.25, -0.2) is 0 Å². The summed E-state index contributed by atoms with van der Waals surface area (Å²) in [5.74, 6) is 0.694. The molecule has 0 bridgehead atoms. The Kier molecular flexibility index (Phi) is 3.71. The van der Waals surface area contributed by atoms with Crippen molar-refractivity contribution in [2.75, 3.05) is 13.6 Å². The van der Waals surface area contributed by atoms with Gasteiger partial charge in [-0.3, -0.25) is 4.79 Å². The Labute approximate surface area is 83.7 Å². The van der Waals surface area contributed by atoms with Gasteiger partial charge in [-0.15, -0.1) is 0 Å². The highest BCUT2D eigenvalue weighted by Gasteiger charge is 2.15. The van der Waals surface area contributed by atoms with Gasteiger partial charge in [-0.05, 0) is 19.1 Å². The van der Waals surface area contributed by atoms with Crippen molar-refractivity contribution in [3.8, 4) is 0 Å². The molecule has 2 N–H and O–H groups in total. The molecule has 1 heterocycles. The number of hydrogen-bond donors (Lipinski definition) is 1. The van der Waals surface area contributed by atoms with Crippen LogP contribution in [0.1, 0.15) is 25.1 Å². The van der Waals surface area contributed by atoms with E-state index >= 15 is 0 Å². The van der Waals surface area contributed by atoms with Crippen molar-refractivity contribution in [1.82, 2.24) is 4.90 Å². The Bertz CT molecular complexity index is 282. The van der Waals surface area contributed by atoms with Crippen LogP contribution in [-0.4, -0.2) is 24.4 Å². The molecule has 1 aromatic heterocycles. The summed E-state index contributed by atoms with van der Waals surface area (Å²) in [5, 5.41) is 0. The minimum atomic E-state index is -0.341. The van der Waals surface area contributed by atoms with Crippen LogP contribution in [0, 0.1) is 0 Å². The smallest absolute Gasteiger partial charge is 0.224 e. The normalized spacial score (nSPS) is 12.5. The van der Waals surface area contributed by atoms with E-state index in [4.69, 9.17) is 10.2 Å². The Morgan fingerprint density at radius 1 is 1.71 bits per heavy atom. The second-order valence-corrected chi connectivity index (χ2v) is 3.23. The van der Waals surface area contributed by atoms with E-state index < -0.39 is 0 Å². The van der Waals surface area contributed by atoms with Gasteiger partial charge in [0.2, 0.25) is 5.91 Å². The first-order valence-corrected chi connectivity index (χ1v) is 4.68. The second-order valence-electron chi connectivity index (χ2n) is 3.23. The summed E-state index contributed by atoms with van der Waals surface area (Å²) in [4.78, 5) is 13.1. The molecule has 1 aromatic rings. The molecule has 0 aliphatic rings. The fourth-order valence-corrected chi connectivity index (χ4v) is 1.12. The van der Waals surface area contributed by atoms with Gasteiger partial charge in [0.05, 0.1) is 12.3 Å². The summed E-state index contributed by atoms with van der Waals surface area (Å²) in [6, 6.07) is 3.21. The first kappa shape index (κ1) is 10.8. The summed E-state index contributed by atoms with van der Waals surface area (Å²) < 4.78 is 5.11. The van der Waals surface area contributed by atoms with Crippen LogP contribution >= 0.6 is 0 Å². The van der Waals surface area contributed by atoms with E-state index in [9.17, 15) is 4.79 Å². The average molecular weight is 196 g/mol.